The highest BCUT2D eigenvalue weighted by Gasteiger charge is 1.97. The lowest BCUT2D eigenvalue weighted by molar-refractivity contribution is -0.991. The summed E-state index contributed by atoms with van der Waals surface area (Å²) in [6, 6.07) is 4.67. The predicted octanol–water partition coefficient (Wildman–Crippen LogP) is 0.229. The summed E-state index contributed by atoms with van der Waals surface area (Å²) in [5.74, 6) is -0.426. The zero-order chi connectivity index (χ0) is 7.56. The Morgan fingerprint density at radius 3 is 2.20 bits per heavy atom. The van der Waals surface area contributed by atoms with Gasteiger partial charge in [0.25, 0.3) is 0 Å². The van der Waals surface area contributed by atoms with E-state index in [0.29, 0.717) is 0 Å². The first-order chi connectivity index (χ1) is 4.70. The van der Waals surface area contributed by atoms with E-state index in [1.165, 1.54) is 12.1 Å². The number of hydrogen-bond donors (Lipinski definition) is 2. The van der Waals surface area contributed by atoms with Gasteiger partial charge in [-0.15, -0.1) is 0 Å². The van der Waals surface area contributed by atoms with Gasteiger partial charge in [-0.2, -0.15) is 5.23 Å². The van der Waals surface area contributed by atoms with Gasteiger partial charge >= 0.3 is 0 Å². The Labute approximate surface area is 56.9 Å². The van der Waals surface area contributed by atoms with Crippen molar-refractivity contribution in [2.75, 3.05) is 0 Å². The molecule has 1 unspecified atom stereocenters. The number of quaternary nitrogens is 1. The molecule has 0 saturated carbocycles. The van der Waals surface area contributed by atoms with Crippen LogP contribution >= 0.6 is 0 Å². The van der Waals surface area contributed by atoms with Crippen molar-refractivity contribution in [3.05, 3.63) is 35.3 Å². The number of hydrogen-bond acceptors (Lipinski definition) is 2. The van der Waals surface area contributed by atoms with Crippen LogP contribution in [0.15, 0.2) is 24.3 Å². The van der Waals surface area contributed by atoms with Crippen molar-refractivity contribution < 1.29 is 14.8 Å². The molecule has 1 aromatic rings. The van der Waals surface area contributed by atoms with Crippen LogP contribution < -0.4 is 5.23 Å². The van der Waals surface area contributed by atoms with Crippen LogP contribution in [0, 0.1) is 11.0 Å². The van der Waals surface area contributed by atoms with Gasteiger partial charge in [-0.1, -0.05) is 0 Å². The number of benzene rings is 1. The van der Waals surface area contributed by atoms with E-state index < -0.39 is 11.0 Å². The van der Waals surface area contributed by atoms with Crippen LogP contribution in [0.4, 0.5) is 10.1 Å². The number of nitrogens with one attached hydrogen (secondary N) is 1. The average molecular weight is 143 g/mol. The van der Waals surface area contributed by atoms with Crippen LogP contribution in [0.25, 0.3) is 0 Å². The zero-order valence-electron chi connectivity index (χ0n) is 5.04. The molecule has 0 radical (unpaired) electrons. The van der Waals surface area contributed by atoms with Crippen LogP contribution in [0.1, 0.15) is 0 Å². The van der Waals surface area contributed by atoms with Crippen molar-refractivity contribution >= 4 is 5.69 Å². The quantitative estimate of drug-likeness (QED) is 0.553. The minimum atomic E-state index is -1.04. The van der Waals surface area contributed by atoms with Gasteiger partial charge in [0.15, 0.2) is 5.69 Å². The Hall–Kier alpha value is -0.970. The second-order valence-corrected chi connectivity index (χ2v) is 1.81. The summed E-state index contributed by atoms with van der Waals surface area (Å²) in [6.45, 7) is 0. The molecule has 0 aliphatic heterocycles. The fourth-order valence-electron chi connectivity index (χ4n) is 0.592. The molecule has 1 rings (SSSR count). The first-order valence-corrected chi connectivity index (χ1v) is 2.69. The Balaban J connectivity index is 2.89. The Morgan fingerprint density at radius 2 is 1.80 bits per heavy atom. The SMILES string of the molecule is [O-][NH+](O)c1ccc(F)cc1. The molecule has 2 N–H and O–H groups in total. The lowest BCUT2D eigenvalue weighted by Crippen LogP contribution is -2.99. The van der Waals surface area contributed by atoms with E-state index in [9.17, 15) is 9.60 Å². The van der Waals surface area contributed by atoms with Gasteiger partial charge < -0.3 is 5.21 Å². The van der Waals surface area contributed by atoms with E-state index in [1.54, 1.807) is 0 Å². The van der Waals surface area contributed by atoms with Crippen LogP contribution in [0.2, 0.25) is 0 Å². The minimum Gasteiger partial charge on any atom is -0.595 e. The number of rotatable bonds is 1. The molecule has 0 aromatic heterocycles. The van der Waals surface area contributed by atoms with E-state index in [4.69, 9.17) is 5.21 Å². The summed E-state index contributed by atoms with van der Waals surface area (Å²) >= 11 is 0. The lowest BCUT2D eigenvalue weighted by Gasteiger charge is -2.10. The molecule has 0 aliphatic rings. The molecule has 0 spiro atoms. The van der Waals surface area contributed by atoms with Gasteiger partial charge in [-0.25, -0.2) is 9.60 Å². The third-order valence-electron chi connectivity index (χ3n) is 1.09. The maximum Gasteiger partial charge on any atom is 0.163 e. The summed E-state index contributed by atoms with van der Waals surface area (Å²) in [6.07, 6.45) is 0. The van der Waals surface area contributed by atoms with Crippen molar-refractivity contribution in [2.45, 2.75) is 0 Å². The van der Waals surface area contributed by atoms with Crippen LogP contribution in [0.5, 0.6) is 0 Å². The maximum atomic E-state index is 12.2. The van der Waals surface area contributed by atoms with Gasteiger partial charge in [-0.3, -0.25) is 0 Å². The molecule has 3 nitrogen and oxygen atoms in total. The maximum absolute atomic E-state index is 12.2. The summed E-state index contributed by atoms with van der Waals surface area (Å²) in [4.78, 5) is 0. The predicted molar refractivity (Wildman–Crippen MR) is 32.2 cm³/mol. The van der Waals surface area contributed by atoms with Crippen LogP contribution in [-0.4, -0.2) is 5.21 Å². The molecule has 1 atom stereocenters. The zero-order valence-corrected chi connectivity index (χ0v) is 5.04. The molecule has 10 heavy (non-hydrogen) atoms. The number of halogens is 1. The van der Waals surface area contributed by atoms with E-state index in [-0.39, 0.29) is 5.69 Å². The van der Waals surface area contributed by atoms with E-state index >= 15 is 0 Å². The highest BCUT2D eigenvalue weighted by atomic mass is 19.1. The summed E-state index contributed by atoms with van der Waals surface area (Å²) in [5.41, 5.74) is 0.0985. The van der Waals surface area contributed by atoms with Crippen molar-refractivity contribution in [1.29, 1.82) is 0 Å². The monoisotopic (exact) mass is 143 g/mol. The smallest absolute Gasteiger partial charge is 0.163 e. The van der Waals surface area contributed by atoms with Crippen molar-refractivity contribution in [1.82, 2.24) is 0 Å². The molecule has 0 amide bonds. The van der Waals surface area contributed by atoms with E-state index in [0.717, 1.165) is 12.1 Å². The van der Waals surface area contributed by atoms with Crippen LogP contribution in [-0.2, 0) is 0 Å². The fourth-order valence-corrected chi connectivity index (χ4v) is 0.592. The third-order valence-corrected chi connectivity index (χ3v) is 1.09. The highest BCUT2D eigenvalue weighted by Crippen LogP contribution is 2.01. The Morgan fingerprint density at radius 1 is 1.30 bits per heavy atom. The molecule has 1 aromatic carbocycles. The van der Waals surface area contributed by atoms with Gasteiger partial charge in [-0.05, 0) is 12.1 Å². The minimum absolute atomic E-state index is 0.0985. The third kappa shape index (κ3) is 1.51. The largest absolute Gasteiger partial charge is 0.595 e. The molecule has 4 heteroatoms. The first-order valence-electron chi connectivity index (χ1n) is 2.69. The molecular formula is C6H6FNO2. The second-order valence-electron chi connectivity index (χ2n) is 1.81. The summed E-state index contributed by atoms with van der Waals surface area (Å²) < 4.78 is 12.2. The van der Waals surface area contributed by atoms with Crippen molar-refractivity contribution in [2.24, 2.45) is 0 Å². The molecule has 0 heterocycles. The topological polar surface area (TPSA) is 47.7 Å². The standard InChI is InChI=1S/C6H6FNO2/c7-5-1-3-6(4-2-5)8(9)10/h1-4,8-9H. The van der Waals surface area contributed by atoms with Crippen LogP contribution in [0.3, 0.4) is 0 Å². The normalized spacial score (nSPS) is 13.1. The highest BCUT2D eigenvalue weighted by molar-refractivity contribution is 5.28. The van der Waals surface area contributed by atoms with Gasteiger partial charge in [0, 0.05) is 12.1 Å². The van der Waals surface area contributed by atoms with E-state index in [1.807, 2.05) is 0 Å². The Bertz CT molecular complexity index is 209. The molecule has 0 saturated heterocycles. The van der Waals surface area contributed by atoms with Gasteiger partial charge in [0.1, 0.15) is 5.82 Å². The molecule has 54 valence electrons. The van der Waals surface area contributed by atoms with Crippen molar-refractivity contribution in [3.8, 4) is 0 Å². The summed E-state index contributed by atoms with van der Waals surface area (Å²) in [7, 11) is 0. The molecule has 0 fully saturated rings. The van der Waals surface area contributed by atoms with Gasteiger partial charge in [0.05, 0.1) is 0 Å². The Kier molecular flexibility index (Phi) is 1.96. The van der Waals surface area contributed by atoms with Gasteiger partial charge in [0.2, 0.25) is 0 Å². The lowest BCUT2D eigenvalue weighted by atomic mass is 10.3. The average Bonchev–Trinajstić information content (AvgIpc) is 1.88. The molecule has 0 bridgehead atoms. The molecular weight excluding hydrogens is 137 g/mol. The van der Waals surface area contributed by atoms with E-state index in [2.05, 4.69) is 0 Å². The molecule has 0 aliphatic carbocycles. The second kappa shape index (κ2) is 2.74. The van der Waals surface area contributed by atoms with Crippen molar-refractivity contribution in [3.63, 3.8) is 0 Å². The fraction of sp³-hybridized carbons (Fsp3) is 0. The summed E-state index contributed by atoms with van der Waals surface area (Å²) in [5, 5.41) is 17.5. The first kappa shape index (κ1) is 7.14.